The van der Waals surface area contributed by atoms with E-state index in [4.69, 9.17) is 4.98 Å². The number of pyridine rings is 1. The number of nitrogens with one attached hydrogen (secondary N) is 1. The van der Waals surface area contributed by atoms with Crippen LogP contribution in [0.25, 0.3) is 11.8 Å². The summed E-state index contributed by atoms with van der Waals surface area (Å²) >= 11 is 0. The van der Waals surface area contributed by atoms with E-state index in [0.29, 0.717) is 17.7 Å². The fraction of sp³-hybridized carbons (Fsp3) is 0.250. The van der Waals surface area contributed by atoms with Crippen LogP contribution in [-0.4, -0.2) is 60.3 Å². The van der Waals surface area contributed by atoms with E-state index in [1.54, 1.807) is 18.1 Å². The van der Waals surface area contributed by atoms with Gasteiger partial charge >= 0.3 is 0 Å². The Morgan fingerprint density at radius 1 is 1.09 bits per heavy atom. The molecule has 7 nitrogen and oxygen atoms in total. The normalized spacial score (nSPS) is 13.9. The number of likely N-dealkylation sites (N-methyl/N-ethyl adjacent to an activating group) is 1. The van der Waals surface area contributed by atoms with E-state index in [1.807, 2.05) is 65.6 Å². The number of fused-ring (bicyclic) bond motifs is 1. The lowest BCUT2D eigenvalue weighted by molar-refractivity contribution is 0.0874. The molecule has 0 spiro atoms. The SMILES string of the molecule is CCCN(C)CCNC(=O)c1cccc(N2c3cccc4c3C(=Cc3cccnc32)N(C)C4=O)c1. The van der Waals surface area contributed by atoms with Crippen LogP contribution in [0.2, 0.25) is 0 Å². The number of hydrogen-bond donors (Lipinski definition) is 1. The third kappa shape index (κ3) is 4.08. The van der Waals surface area contributed by atoms with Crippen molar-refractivity contribution in [1.82, 2.24) is 20.1 Å². The lowest BCUT2D eigenvalue weighted by Gasteiger charge is -2.26. The zero-order valence-electron chi connectivity index (χ0n) is 20.3. The van der Waals surface area contributed by atoms with E-state index >= 15 is 0 Å². The summed E-state index contributed by atoms with van der Waals surface area (Å²) in [5, 5.41) is 3.03. The summed E-state index contributed by atoms with van der Waals surface area (Å²) in [6.07, 6.45) is 4.86. The molecule has 0 saturated carbocycles. The minimum Gasteiger partial charge on any atom is -0.351 e. The van der Waals surface area contributed by atoms with Crippen LogP contribution in [-0.2, 0) is 0 Å². The van der Waals surface area contributed by atoms with Crippen molar-refractivity contribution in [2.75, 3.05) is 38.6 Å². The third-order valence-electron chi connectivity index (χ3n) is 6.51. The summed E-state index contributed by atoms with van der Waals surface area (Å²) in [7, 11) is 3.86. The number of hydrogen-bond acceptors (Lipinski definition) is 5. The number of amides is 2. The lowest BCUT2D eigenvalue weighted by Crippen LogP contribution is -2.33. The molecule has 0 atom stereocenters. The van der Waals surface area contributed by atoms with E-state index < -0.39 is 0 Å². The first-order chi connectivity index (χ1) is 17.0. The molecule has 0 unspecified atom stereocenters. The van der Waals surface area contributed by atoms with Gasteiger partial charge in [-0.25, -0.2) is 4.98 Å². The molecule has 7 heteroatoms. The highest BCUT2D eigenvalue weighted by atomic mass is 16.2. The van der Waals surface area contributed by atoms with E-state index in [9.17, 15) is 9.59 Å². The largest absolute Gasteiger partial charge is 0.351 e. The van der Waals surface area contributed by atoms with E-state index in [-0.39, 0.29) is 11.8 Å². The monoisotopic (exact) mass is 467 g/mol. The van der Waals surface area contributed by atoms with Gasteiger partial charge in [-0.05, 0) is 68.6 Å². The second-order valence-corrected chi connectivity index (χ2v) is 8.95. The topological polar surface area (TPSA) is 68.8 Å². The van der Waals surface area contributed by atoms with Crippen molar-refractivity contribution in [3.8, 4) is 0 Å². The molecule has 3 aromatic rings. The molecule has 0 saturated heterocycles. The highest BCUT2D eigenvalue weighted by Crippen LogP contribution is 2.48. The molecule has 1 aromatic heterocycles. The number of nitrogens with zero attached hydrogens (tertiary/aromatic N) is 4. The number of carbonyl (C=O) groups is 2. The minimum atomic E-state index is -0.111. The first kappa shape index (κ1) is 22.8. The summed E-state index contributed by atoms with van der Waals surface area (Å²) < 4.78 is 0. The van der Waals surface area contributed by atoms with Gasteiger partial charge in [-0.1, -0.05) is 19.1 Å². The van der Waals surface area contributed by atoms with Crippen molar-refractivity contribution in [2.24, 2.45) is 0 Å². The molecule has 0 bridgehead atoms. The summed E-state index contributed by atoms with van der Waals surface area (Å²) in [4.78, 5) is 36.5. The summed E-state index contributed by atoms with van der Waals surface area (Å²) in [6, 6.07) is 17.2. The molecule has 2 aliphatic heterocycles. The predicted octanol–water partition coefficient (Wildman–Crippen LogP) is 4.52. The molecule has 2 amide bonds. The zero-order chi connectivity index (χ0) is 24.5. The Hall–Kier alpha value is -3.97. The van der Waals surface area contributed by atoms with Gasteiger partial charge in [0.05, 0.1) is 16.9 Å². The van der Waals surface area contributed by atoms with Crippen LogP contribution in [0.1, 0.15) is 45.2 Å². The Morgan fingerprint density at radius 2 is 1.91 bits per heavy atom. The Bertz CT molecular complexity index is 1330. The van der Waals surface area contributed by atoms with Gasteiger partial charge in [0, 0.05) is 48.7 Å². The highest BCUT2D eigenvalue weighted by Gasteiger charge is 2.36. The van der Waals surface area contributed by atoms with Gasteiger partial charge in [0.2, 0.25) is 0 Å². The average molecular weight is 468 g/mol. The number of aromatic nitrogens is 1. The molecule has 0 fully saturated rings. The van der Waals surface area contributed by atoms with Gasteiger partial charge in [-0.2, -0.15) is 0 Å². The van der Waals surface area contributed by atoms with Crippen molar-refractivity contribution < 1.29 is 9.59 Å². The fourth-order valence-electron chi connectivity index (χ4n) is 4.77. The number of benzene rings is 2. The lowest BCUT2D eigenvalue weighted by atomic mass is 10.0. The molecule has 5 rings (SSSR count). The van der Waals surface area contributed by atoms with Crippen LogP contribution < -0.4 is 10.2 Å². The van der Waals surface area contributed by atoms with Crippen molar-refractivity contribution in [3.63, 3.8) is 0 Å². The maximum absolute atomic E-state index is 13.0. The molecule has 35 heavy (non-hydrogen) atoms. The van der Waals surface area contributed by atoms with Crippen LogP contribution in [0.3, 0.4) is 0 Å². The zero-order valence-corrected chi connectivity index (χ0v) is 20.3. The maximum Gasteiger partial charge on any atom is 0.258 e. The Labute approximate surface area is 205 Å². The first-order valence-corrected chi connectivity index (χ1v) is 11.9. The van der Waals surface area contributed by atoms with Gasteiger partial charge in [-0.15, -0.1) is 0 Å². The first-order valence-electron chi connectivity index (χ1n) is 11.9. The molecule has 0 radical (unpaired) electrons. The van der Waals surface area contributed by atoms with Crippen molar-refractivity contribution in [2.45, 2.75) is 13.3 Å². The standard InChI is InChI=1S/C28H29N5O2/c1-4-15-31(2)16-14-30-27(34)20-8-5-10-21(17-20)33-23-12-6-11-22-25(23)24(32(3)28(22)35)18-19-9-7-13-29-26(19)33/h5-13,17-18H,4,14-16H2,1-3H3,(H,30,34). The van der Waals surface area contributed by atoms with Crippen molar-refractivity contribution in [1.29, 1.82) is 0 Å². The summed E-state index contributed by atoms with van der Waals surface area (Å²) in [5.74, 6) is 0.615. The molecular formula is C28H29N5O2. The smallest absolute Gasteiger partial charge is 0.258 e. The van der Waals surface area contributed by atoms with Crippen LogP contribution >= 0.6 is 0 Å². The Morgan fingerprint density at radius 3 is 2.74 bits per heavy atom. The molecule has 2 aromatic carbocycles. The molecule has 178 valence electrons. The Kier molecular flexibility index (Phi) is 6.09. The second-order valence-electron chi connectivity index (χ2n) is 8.95. The second kappa shape index (κ2) is 9.35. The highest BCUT2D eigenvalue weighted by molar-refractivity contribution is 6.16. The van der Waals surface area contributed by atoms with Crippen LogP contribution in [0.5, 0.6) is 0 Å². The molecular weight excluding hydrogens is 438 g/mol. The fourth-order valence-corrected chi connectivity index (χ4v) is 4.77. The Balaban J connectivity index is 1.54. The third-order valence-corrected chi connectivity index (χ3v) is 6.51. The van der Waals surface area contributed by atoms with E-state index in [1.165, 1.54) is 0 Å². The van der Waals surface area contributed by atoms with Gasteiger partial charge in [0.1, 0.15) is 5.82 Å². The van der Waals surface area contributed by atoms with Crippen LogP contribution in [0, 0.1) is 0 Å². The van der Waals surface area contributed by atoms with E-state index in [2.05, 4.69) is 24.2 Å². The summed E-state index contributed by atoms with van der Waals surface area (Å²) in [6.45, 7) is 4.53. The van der Waals surface area contributed by atoms with Crippen LogP contribution in [0.4, 0.5) is 17.2 Å². The minimum absolute atomic E-state index is 0.0263. The van der Waals surface area contributed by atoms with Gasteiger partial charge < -0.3 is 15.1 Å². The molecule has 2 aliphatic rings. The number of rotatable bonds is 7. The molecule has 0 aliphatic carbocycles. The summed E-state index contributed by atoms with van der Waals surface area (Å²) in [5.41, 5.74) is 5.55. The number of anilines is 3. The molecule has 3 heterocycles. The van der Waals surface area contributed by atoms with Crippen molar-refractivity contribution >= 4 is 40.8 Å². The maximum atomic E-state index is 13.0. The quantitative estimate of drug-likeness (QED) is 0.553. The predicted molar refractivity (Wildman–Crippen MR) is 139 cm³/mol. The van der Waals surface area contributed by atoms with Crippen LogP contribution in [0.15, 0.2) is 60.8 Å². The van der Waals surface area contributed by atoms with Gasteiger partial charge in [-0.3, -0.25) is 14.5 Å². The molecule has 1 N–H and O–H groups in total. The average Bonchev–Trinajstić information content (AvgIpc) is 3.02. The van der Waals surface area contributed by atoms with Crippen molar-refractivity contribution in [3.05, 3.63) is 83.0 Å². The number of carbonyl (C=O) groups excluding carboxylic acids is 2. The van der Waals surface area contributed by atoms with E-state index in [0.717, 1.165) is 53.5 Å². The van der Waals surface area contributed by atoms with Gasteiger partial charge in [0.25, 0.3) is 11.8 Å². The van der Waals surface area contributed by atoms with Gasteiger partial charge in [0.15, 0.2) is 0 Å².